The topological polar surface area (TPSA) is 111 Å². The van der Waals surface area contributed by atoms with Gasteiger partial charge < -0.3 is 37.9 Å². The van der Waals surface area contributed by atoms with Gasteiger partial charge in [0.15, 0.2) is 46.0 Å². The Kier molecular flexibility index (Phi) is 10.3. The minimum atomic E-state index is -0.468. The third kappa shape index (κ3) is 6.66. The summed E-state index contributed by atoms with van der Waals surface area (Å²) < 4.78 is 47.6. The average molecular weight is 738 g/mol. The zero-order chi connectivity index (χ0) is 38.3. The van der Waals surface area contributed by atoms with Gasteiger partial charge in [-0.1, -0.05) is 6.07 Å². The number of likely N-dealkylation sites (N-methyl/N-ethyl adjacent to an activating group) is 1. The lowest BCUT2D eigenvalue weighted by Crippen LogP contribution is -2.33. The van der Waals surface area contributed by atoms with Crippen LogP contribution in [0.15, 0.2) is 42.5 Å². The van der Waals surface area contributed by atoms with Gasteiger partial charge in [0.05, 0.1) is 35.5 Å². The average Bonchev–Trinajstić information content (AvgIpc) is 3.16. The molecule has 2 atom stereocenters. The molecule has 0 amide bonds. The van der Waals surface area contributed by atoms with Crippen LogP contribution in [0.5, 0.6) is 51.7 Å². The molecule has 0 saturated carbocycles. The van der Waals surface area contributed by atoms with Crippen LogP contribution in [0, 0.1) is 0 Å². The second-order valence-electron chi connectivity index (χ2n) is 14.0. The number of carbonyl (C=O) groups excluding carboxylic acids is 2. The lowest BCUT2D eigenvalue weighted by atomic mass is 9.70. The molecule has 7 rings (SSSR count). The molecule has 54 heavy (non-hydrogen) atoms. The van der Waals surface area contributed by atoms with Crippen molar-refractivity contribution in [2.24, 2.45) is 0 Å². The molecule has 1 aliphatic heterocycles. The van der Waals surface area contributed by atoms with Crippen LogP contribution in [0.2, 0.25) is 0 Å². The lowest BCUT2D eigenvalue weighted by Gasteiger charge is -2.36. The summed E-state index contributed by atoms with van der Waals surface area (Å²) in [6, 6.07) is 13.7. The molecule has 11 heteroatoms. The van der Waals surface area contributed by atoms with E-state index in [-0.39, 0.29) is 12.0 Å². The Morgan fingerprint density at radius 3 is 2.07 bits per heavy atom. The molecule has 4 aromatic rings. The quantitative estimate of drug-likeness (QED) is 0.111. The van der Waals surface area contributed by atoms with Crippen molar-refractivity contribution in [3.8, 4) is 62.9 Å². The second-order valence-corrected chi connectivity index (χ2v) is 14.0. The van der Waals surface area contributed by atoms with E-state index >= 15 is 0 Å². The number of carbonyl (C=O) groups is 2. The van der Waals surface area contributed by atoms with Gasteiger partial charge in [-0.3, -0.25) is 14.5 Å². The Labute approximate surface area is 316 Å². The molecule has 0 unspecified atom stereocenters. The molecule has 0 fully saturated rings. The minimum Gasteiger partial charge on any atom is -0.493 e. The molecular weight excluding hydrogens is 690 g/mol. The van der Waals surface area contributed by atoms with E-state index in [1.54, 1.807) is 41.6 Å². The highest BCUT2D eigenvalue weighted by molar-refractivity contribution is 5.92. The summed E-state index contributed by atoms with van der Waals surface area (Å²) in [5.41, 5.74) is 8.04. The van der Waals surface area contributed by atoms with Crippen molar-refractivity contribution in [3.05, 3.63) is 75.8 Å². The van der Waals surface area contributed by atoms with Crippen molar-refractivity contribution in [3.63, 3.8) is 0 Å². The van der Waals surface area contributed by atoms with Gasteiger partial charge in [-0.05, 0) is 110 Å². The molecule has 0 radical (unpaired) electrons. The molecule has 3 aliphatic rings. The number of esters is 2. The number of hydrogen-bond acceptors (Lipinski definition) is 11. The highest BCUT2D eigenvalue weighted by atomic mass is 16.6. The Morgan fingerprint density at radius 1 is 0.685 bits per heavy atom. The molecular formula is C43H47NO10. The number of methoxy groups -OCH3 is 5. The molecule has 11 nitrogen and oxygen atoms in total. The minimum absolute atomic E-state index is 0.00878. The van der Waals surface area contributed by atoms with Crippen LogP contribution >= 0.6 is 0 Å². The summed E-state index contributed by atoms with van der Waals surface area (Å²) in [5.74, 6) is 3.76. The lowest BCUT2D eigenvalue weighted by molar-refractivity contribution is -0.132. The van der Waals surface area contributed by atoms with Gasteiger partial charge in [0.2, 0.25) is 0 Å². The predicted octanol–water partition coefficient (Wildman–Crippen LogP) is 7.79. The van der Waals surface area contributed by atoms with Crippen LogP contribution in [0.4, 0.5) is 0 Å². The van der Waals surface area contributed by atoms with Gasteiger partial charge in [-0.15, -0.1) is 0 Å². The second kappa shape index (κ2) is 15.1. The van der Waals surface area contributed by atoms with E-state index < -0.39 is 11.9 Å². The Hall–Kier alpha value is -5.42. The third-order valence-electron chi connectivity index (χ3n) is 10.9. The number of hydrogen-bond donors (Lipinski definition) is 0. The molecule has 0 bridgehead atoms. The van der Waals surface area contributed by atoms with Crippen LogP contribution < -0.4 is 37.9 Å². The van der Waals surface area contributed by atoms with Gasteiger partial charge in [0.1, 0.15) is 5.75 Å². The smallest absolute Gasteiger partial charge is 0.308 e. The number of ether oxygens (including phenoxy) is 8. The first-order chi connectivity index (χ1) is 26.1. The number of fused-ring (bicyclic) bond motifs is 3. The molecule has 0 N–H and O–H groups in total. The molecule has 2 aliphatic carbocycles. The van der Waals surface area contributed by atoms with Crippen molar-refractivity contribution < 1.29 is 47.5 Å². The molecule has 0 aromatic heterocycles. The summed E-state index contributed by atoms with van der Waals surface area (Å²) in [6.45, 7) is 3.62. The fourth-order valence-electron chi connectivity index (χ4n) is 8.49. The first kappa shape index (κ1) is 36.9. The summed E-state index contributed by atoms with van der Waals surface area (Å²) in [4.78, 5) is 26.9. The zero-order valence-electron chi connectivity index (χ0n) is 32.2. The van der Waals surface area contributed by atoms with E-state index in [1.807, 2.05) is 30.3 Å². The van der Waals surface area contributed by atoms with Crippen molar-refractivity contribution in [2.75, 3.05) is 49.1 Å². The van der Waals surface area contributed by atoms with Gasteiger partial charge in [0, 0.05) is 49.2 Å². The number of rotatable bonds is 11. The Morgan fingerprint density at radius 2 is 1.39 bits per heavy atom. The number of aryl methyl sites for hydroxylation is 1. The summed E-state index contributed by atoms with van der Waals surface area (Å²) in [6.07, 6.45) is 5.09. The normalized spacial score (nSPS) is 17.0. The van der Waals surface area contributed by atoms with Crippen molar-refractivity contribution in [1.82, 2.24) is 4.90 Å². The standard InChI is InChI=1S/C43H47NO10/c1-23(45)52-36-21-29-26(19-34(36)48-5)14-15-44(3)31(29)16-25-12-13-32(47-4)35(17-25)54-33-22-38(50-7)43(53-24(2)46)40-30(33)18-27-10-9-11-28-20-37(49-6)42(51-8)41(40)39(27)28/h12-13,17,19-22,27,31H,9-11,14-16,18H2,1-8H3/t27-,31-/m0/s1. The van der Waals surface area contributed by atoms with Gasteiger partial charge in [-0.25, -0.2) is 0 Å². The zero-order valence-corrected chi connectivity index (χ0v) is 32.2. The first-order valence-corrected chi connectivity index (χ1v) is 18.2. The van der Waals surface area contributed by atoms with E-state index in [9.17, 15) is 9.59 Å². The number of benzene rings is 4. The van der Waals surface area contributed by atoms with Gasteiger partial charge in [0.25, 0.3) is 0 Å². The summed E-state index contributed by atoms with van der Waals surface area (Å²) >= 11 is 0. The molecule has 0 saturated heterocycles. The maximum Gasteiger partial charge on any atom is 0.308 e. The van der Waals surface area contributed by atoms with Crippen LogP contribution in [-0.4, -0.2) is 66.0 Å². The Balaban J connectivity index is 1.34. The maximum absolute atomic E-state index is 12.6. The first-order valence-electron chi connectivity index (χ1n) is 18.2. The van der Waals surface area contributed by atoms with E-state index in [2.05, 4.69) is 18.0 Å². The van der Waals surface area contributed by atoms with Crippen molar-refractivity contribution in [1.29, 1.82) is 0 Å². The van der Waals surface area contributed by atoms with E-state index in [0.29, 0.717) is 70.2 Å². The highest BCUT2D eigenvalue weighted by Gasteiger charge is 2.39. The van der Waals surface area contributed by atoms with Crippen LogP contribution in [0.3, 0.4) is 0 Å². The molecule has 4 aromatic carbocycles. The maximum atomic E-state index is 12.6. The van der Waals surface area contributed by atoms with Crippen LogP contribution in [0.1, 0.15) is 72.0 Å². The third-order valence-corrected chi connectivity index (χ3v) is 10.9. The Bertz CT molecular complexity index is 2120. The van der Waals surface area contributed by atoms with Crippen molar-refractivity contribution in [2.45, 2.75) is 64.3 Å². The van der Waals surface area contributed by atoms with E-state index in [0.717, 1.165) is 60.0 Å². The largest absolute Gasteiger partial charge is 0.493 e. The molecule has 284 valence electrons. The van der Waals surface area contributed by atoms with E-state index in [1.165, 1.54) is 25.0 Å². The van der Waals surface area contributed by atoms with Crippen LogP contribution in [0.25, 0.3) is 11.1 Å². The van der Waals surface area contributed by atoms with Gasteiger partial charge >= 0.3 is 11.9 Å². The fraction of sp³-hybridized carbons (Fsp3) is 0.395. The van der Waals surface area contributed by atoms with Crippen molar-refractivity contribution >= 4 is 11.9 Å². The summed E-state index contributed by atoms with van der Waals surface area (Å²) in [7, 11) is 10.1. The summed E-state index contributed by atoms with van der Waals surface area (Å²) in [5, 5.41) is 0. The monoisotopic (exact) mass is 737 g/mol. The van der Waals surface area contributed by atoms with Crippen LogP contribution in [-0.2, 0) is 35.3 Å². The predicted molar refractivity (Wildman–Crippen MR) is 202 cm³/mol. The fourth-order valence-corrected chi connectivity index (χ4v) is 8.49. The molecule has 0 spiro atoms. The molecule has 1 heterocycles. The number of nitrogens with zero attached hydrogens (tertiary/aromatic N) is 1. The van der Waals surface area contributed by atoms with Gasteiger partial charge in [-0.2, -0.15) is 0 Å². The van der Waals surface area contributed by atoms with E-state index in [4.69, 9.17) is 37.9 Å². The SMILES string of the molecule is COc1cc2c(cc1OC(C)=O)[C@H](Cc1ccc(OC)c(Oc3cc(OC)c(OC(C)=O)c4c3C[C@@H]3CCCc5cc(OC)c(OC)c-4c53)c1)N(C)CC2. The highest BCUT2D eigenvalue weighted by Crippen LogP contribution is 2.59.